The van der Waals surface area contributed by atoms with Crippen LogP contribution in [-0.4, -0.2) is 12.2 Å². The summed E-state index contributed by atoms with van der Waals surface area (Å²) >= 11 is 7.56. The van der Waals surface area contributed by atoms with Crippen molar-refractivity contribution >= 4 is 33.0 Å². The van der Waals surface area contributed by atoms with Crippen molar-refractivity contribution in [1.82, 2.24) is 0 Å². The highest BCUT2D eigenvalue weighted by Crippen LogP contribution is 2.38. The number of hydrogen-bond acceptors (Lipinski definition) is 3. The van der Waals surface area contributed by atoms with E-state index < -0.39 is 0 Å². The Morgan fingerprint density at radius 1 is 1.50 bits per heavy atom. The number of hydrogen-bond donors (Lipinski definition) is 1. The highest BCUT2D eigenvalue weighted by Gasteiger charge is 2.11. The summed E-state index contributed by atoms with van der Waals surface area (Å²) in [6.07, 6.45) is 0. The number of halogens is 1. The summed E-state index contributed by atoms with van der Waals surface area (Å²) in [5.41, 5.74) is 0.840. The Hall–Kier alpha value is -0.770. The van der Waals surface area contributed by atoms with Crippen LogP contribution in [-0.2, 0) is 6.61 Å². The van der Waals surface area contributed by atoms with Gasteiger partial charge in [0.2, 0.25) is 0 Å². The second-order valence-electron chi connectivity index (χ2n) is 2.87. The van der Waals surface area contributed by atoms with E-state index in [0.29, 0.717) is 5.02 Å². The summed E-state index contributed by atoms with van der Waals surface area (Å²) in [6.45, 7) is -0.00303. The second-order valence-corrected chi connectivity index (χ2v) is 4.16. The molecule has 1 aromatic heterocycles. The Labute approximate surface area is 90.7 Å². The minimum Gasteiger partial charge on any atom is -0.495 e. The summed E-state index contributed by atoms with van der Waals surface area (Å²) in [7, 11) is 1.63. The predicted molar refractivity (Wildman–Crippen MR) is 59.3 cm³/mol. The lowest BCUT2D eigenvalue weighted by atomic mass is 10.1. The zero-order valence-corrected chi connectivity index (χ0v) is 9.15. The number of rotatable bonds is 2. The van der Waals surface area contributed by atoms with Gasteiger partial charge in [-0.1, -0.05) is 17.7 Å². The molecule has 0 fully saturated rings. The van der Waals surface area contributed by atoms with Crippen molar-refractivity contribution in [2.24, 2.45) is 0 Å². The molecule has 0 spiro atoms. The third kappa shape index (κ3) is 1.38. The SMILES string of the molecule is COc1ccc(CO)c2c(Cl)csc12. The van der Waals surface area contributed by atoms with E-state index in [1.165, 1.54) is 11.3 Å². The van der Waals surface area contributed by atoms with Crippen molar-refractivity contribution in [3.63, 3.8) is 0 Å². The maximum Gasteiger partial charge on any atom is 0.136 e. The van der Waals surface area contributed by atoms with Gasteiger partial charge in [0.1, 0.15) is 5.75 Å². The summed E-state index contributed by atoms with van der Waals surface area (Å²) in [5.74, 6) is 0.800. The number of benzene rings is 1. The van der Waals surface area contributed by atoms with Crippen LogP contribution in [0.1, 0.15) is 5.56 Å². The average Bonchev–Trinajstić information content (AvgIpc) is 2.60. The van der Waals surface area contributed by atoms with Gasteiger partial charge in [-0.15, -0.1) is 11.3 Å². The van der Waals surface area contributed by atoms with Crippen LogP contribution in [0.4, 0.5) is 0 Å². The standard InChI is InChI=1S/C10H9ClO2S/c1-13-8-3-2-6(4-12)9-7(11)5-14-10(8)9/h2-3,5,12H,4H2,1H3. The van der Waals surface area contributed by atoms with Crippen LogP contribution < -0.4 is 4.74 Å². The minimum atomic E-state index is -0.00303. The Bertz CT molecular complexity index is 464. The van der Waals surface area contributed by atoms with Gasteiger partial charge in [0.25, 0.3) is 0 Å². The fourth-order valence-corrected chi connectivity index (χ4v) is 2.82. The highest BCUT2D eigenvalue weighted by atomic mass is 35.5. The Morgan fingerprint density at radius 2 is 2.29 bits per heavy atom. The van der Waals surface area contributed by atoms with E-state index in [4.69, 9.17) is 21.4 Å². The predicted octanol–water partition coefficient (Wildman–Crippen LogP) is 3.06. The lowest BCUT2D eigenvalue weighted by Crippen LogP contribution is -1.87. The van der Waals surface area contributed by atoms with Crippen LogP contribution in [0.3, 0.4) is 0 Å². The lowest BCUT2D eigenvalue weighted by molar-refractivity contribution is 0.283. The Kier molecular flexibility index (Phi) is 2.63. The number of methoxy groups -OCH3 is 1. The maximum atomic E-state index is 9.15. The number of aliphatic hydroxyl groups is 1. The molecule has 1 heterocycles. The molecule has 2 aromatic rings. The molecule has 2 nitrogen and oxygen atoms in total. The second kappa shape index (κ2) is 3.77. The quantitative estimate of drug-likeness (QED) is 0.856. The zero-order valence-electron chi connectivity index (χ0n) is 7.58. The molecule has 14 heavy (non-hydrogen) atoms. The van der Waals surface area contributed by atoms with Crippen molar-refractivity contribution in [2.75, 3.05) is 7.11 Å². The zero-order chi connectivity index (χ0) is 10.1. The third-order valence-electron chi connectivity index (χ3n) is 2.12. The van der Waals surface area contributed by atoms with Gasteiger partial charge in [-0.3, -0.25) is 0 Å². The van der Waals surface area contributed by atoms with Crippen molar-refractivity contribution in [3.8, 4) is 5.75 Å². The molecule has 0 aliphatic heterocycles. The maximum absolute atomic E-state index is 9.15. The van der Waals surface area contributed by atoms with Gasteiger partial charge in [-0.25, -0.2) is 0 Å². The molecule has 74 valence electrons. The monoisotopic (exact) mass is 228 g/mol. The van der Waals surface area contributed by atoms with Gasteiger partial charge in [0, 0.05) is 10.8 Å². The van der Waals surface area contributed by atoms with Gasteiger partial charge >= 0.3 is 0 Å². The molecule has 0 bridgehead atoms. The van der Waals surface area contributed by atoms with Gasteiger partial charge in [-0.2, -0.15) is 0 Å². The van der Waals surface area contributed by atoms with Crippen LogP contribution in [0.25, 0.3) is 10.1 Å². The van der Waals surface area contributed by atoms with E-state index in [1.54, 1.807) is 7.11 Å². The number of aliphatic hydroxyl groups excluding tert-OH is 1. The molecule has 0 unspecified atom stereocenters. The van der Waals surface area contributed by atoms with Crippen molar-refractivity contribution in [3.05, 3.63) is 28.1 Å². The van der Waals surface area contributed by atoms with E-state index in [1.807, 2.05) is 17.5 Å². The molecule has 0 saturated heterocycles. The van der Waals surface area contributed by atoms with Crippen LogP contribution >= 0.6 is 22.9 Å². The van der Waals surface area contributed by atoms with Crippen LogP contribution in [0.5, 0.6) is 5.75 Å². The lowest BCUT2D eigenvalue weighted by Gasteiger charge is -2.04. The minimum absolute atomic E-state index is 0.00303. The summed E-state index contributed by atoms with van der Waals surface area (Å²) in [6, 6.07) is 3.68. The first-order chi connectivity index (χ1) is 6.77. The van der Waals surface area contributed by atoms with E-state index in [2.05, 4.69) is 0 Å². The number of ether oxygens (including phenoxy) is 1. The molecule has 0 aliphatic carbocycles. The molecule has 1 N–H and O–H groups in total. The highest BCUT2D eigenvalue weighted by molar-refractivity contribution is 7.18. The molecule has 0 saturated carbocycles. The summed E-state index contributed by atoms with van der Waals surface area (Å²) in [5, 5.41) is 12.6. The first kappa shape index (κ1) is 9.77. The fourth-order valence-electron chi connectivity index (χ4n) is 1.45. The summed E-state index contributed by atoms with van der Waals surface area (Å²) in [4.78, 5) is 0. The van der Waals surface area contributed by atoms with Gasteiger partial charge in [0.05, 0.1) is 23.4 Å². The van der Waals surface area contributed by atoms with Crippen LogP contribution in [0, 0.1) is 0 Å². The molecule has 0 aliphatic rings. The first-order valence-corrected chi connectivity index (χ1v) is 5.37. The molecule has 4 heteroatoms. The van der Waals surface area contributed by atoms with Gasteiger partial charge in [0.15, 0.2) is 0 Å². The summed E-state index contributed by atoms with van der Waals surface area (Å²) < 4.78 is 6.20. The molecule has 2 rings (SSSR count). The smallest absolute Gasteiger partial charge is 0.136 e. The number of thiophene rings is 1. The van der Waals surface area contributed by atoms with Crippen LogP contribution in [0.2, 0.25) is 5.02 Å². The van der Waals surface area contributed by atoms with Crippen molar-refractivity contribution < 1.29 is 9.84 Å². The van der Waals surface area contributed by atoms with E-state index >= 15 is 0 Å². The average molecular weight is 229 g/mol. The van der Waals surface area contributed by atoms with Gasteiger partial charge in [-0.05, 0) is 11.6 Å². The number of fused-ring (bicyclic) bond motifs is 1. The molecule has 1 aromatic carbocycles. The molecular weight excluding hydrogens is 220 g/mol. The Balaban J connectivity index is 2.81. The van der Waals surface area contributed by atoms with Crippen LogP contribution in [0.15, 0.2) is 17.5 Å². The van der Waals surface area contributed by atoms with E-state index in [0.717, 1.165) is 21.4 Å². The first-order valence-electron chi connectivity index (χ1n) is 4.11. The van der Waals surface area contributed by atoms with Gasteiger partial charge < -0.3 is 9.84 Å². The third-order valence-corrected chi connectivity index (χ3v) is 3.54. The molecular formula is C10H9ClO2S. The molecule has 0 amide bonds. The molecule has 0 atom stereocenters. The van der Waals surface area contributed by atoms with E-state index in [-0.39, 0.29) is 6.61 Å². The van der Waals surface area contributed by atoms with Crippen molar-refractivity contribution in [1.29, 1.82) is 0 Å². The normalized spacial score (nSPS) is 10.8. The fraction of sp³-hybridized carbons (Fsp3) is 0.200. The largest absolute Gasteiger partial charge is 0.495 e. The van der Waals surface area contributed by atoms with E-state index in [9.17, 15) is 0 Å². The molecule has 0 radical (unpaired) electrons. The topological polar surface area (TPSA) is 29.5 Å². The van der Waals surface area contributed by atoms with Crippen molar-refractivity contribution in [2.45, 2.75) is 6.61 Å². The Morgan fingerprint density at radius 3 is 2.93 bits per heavy atom.